The van der Waals surface area contributed by atoms with E-state index in [-0.39, 0.29) is 23.7 Å². The lowest BCUT2D eigenvalue weighted by molar-refractivity contribution is -0.163. The molecule has 2 heterocycles. The number of carbonyl (C=O) groups is 2. The van der Waals surface area contributed by atoms with Crippen LogP contribution in [0.3, 0.4) is 0 Å². The van der Waals surface area contributed by atoms with Crippen molar-refractivity contribution >= 4 is 11.9 Å². The number of fused-ring (bicyclic) bond motifs is 1. The van der Waals surface area contributed by atoms with Crippen LogP contribution in [0.5, 0.6) is 5.75 Å². The number of piperidine rings is 1. The second-order valence-electron chi connectivity index (χ2n) is 11.7. The fourth-order valence-electron chi connectivity index (χ4n) is 7.66. The number of benzene rings is 1. The first-order valence-corrected chi connectivity index (χ1v) is 12.8. The molecule has 2 aliphatic heterocycles. The van der Waals surface area contributed by atoms with E-state index in [2.05, 4.69) is 5.32 Å². The SMILES string of the molecule is O=C1N(CC2CC2)C(=O)[C@@]2(CC[C@@]3(O)[C@H]4Cc5ccc(O)cc5C3(CCN4)C2)N1CC1CC1. The van der Waals surface area contributed by atoms with Crippen LogP contribution in [0.1, 0.15) is 62.5 Å². The van der Waals surface area contributed by atoms with Gasteiger partial charge in [-0.2, -0.15) is 0 Å². The summed E-state index contributed by atoms with van der Waals surface area (Å²) in [6.45, 7) is 1.95. The molecule has 0 aromatic heterocycles. The Hall–Kier alpha value is -2.12. The number of phenolic OH excluding ortho intramolecular Hbond substituents is 1. The molecule has 6 aliphatic rings. The number of nitrogens with zero attached hydrogens (tertiary/aromatic N) is 2. The summed E-state index contributed by atoms with van der Waals surface area (Å²) in [6, 6.07) is 5.31. The number of hydrogen-bond acceptors (Lipinski definition) is 5. The zero-order chi connectivity index (χ0) is 22.6. The van der Waals surface area contributed by atoms with Gasteiger partial charge in [-0.3, -0.25) is 9.69 Å². The first-order chi connectivity index (χ1) is 15.9. The molecule has 33 heavy (non-hydrogen) atoms. The molecule has 3 N–H and O–H groups in total. The van der Waals surface area contributed by atoms with Gasteiger partial charge in [0, 0.05) is 24.5 Å². The molecule has 7 heteroatoms. The lowest BCUT2D eigenvalue weighted by atomic mass is 9.47. The molecular formula is C26H33N3O4. The molecule has 7 rings (SSSR count). The highest BCUT2D eigenvalue weighted by Gasteiger charge is 2.71. The zero-order valence-electron chi connectivity index (χ0n) is 19.1. The molecular weight excluding hydrogens is 418 g/mol. The van der Waals surface area contributed by atoms with E-state index >= 15 is 0 Å². The van der Waals surface area contributed by atoms with Gasteiger partial charge in [-0.15, -0.1) is 0 Å². The van der Waals surface area contributed by atoms with E-state index < -0.39 is 16.6 Å². The average molecular weight is 452 g/mol. The Balaban J connectivity index is 1.36. The van der Waals surface area contributed by atoms with Gasteiger partial charge in [-0.05, 0) is 99.4 Å². The van der Waals surface area contributed by atoms with Crippen molar-refractivity contribution in [3.63, 3.8) is 0 Å². The standard InChI is InChI=1S/C26H33N3O4/c30-19-6-5-18-11-21-26(33)8-7-25(15-24(26,9-10-27-21)20(18)12-19)22(31)28(13-16-1-2-16)23(32)29(25)14-17-3-4-17/h5-6,12,16-17,21,27,30,33H,1-4,7-11,13-15H2/t21-,24?,25+,26-/m1/s1. The number of rotatable bonds is 4. The predicted molar refractivity (Wildman–Crippen MR) is 121 cm³/mol. The van der Waals surface area contributed by atoms with Gasteiger partial charge in [0.25, 0.3) is 5.91 Å². The number of aliphatic hydroxyl groups is 1. The minimum atomic E-state index is -0.990. The molecule has 4 atom stereocenters. The molecule has 1 aromatic rings. The summed E-state index contributed by atoms with van der Waals surface area (Å²) in [6.07, 6.45) is 7.28. The van der Waals surface area contributed by atoms with Crippen molar-refractivity contribution in [1.29, 1.82) is 0 Å². The molecule has 0 radical (unpaired) electrons. The summed E-state index contributed by atoms with van der Waals surface area (Å²) < 4.78 is 0. The second-order valence-corrected chi connectivity index (χ2v) is 11.7. The summed E-state index contributed by atoms with van der Waals surface area (Å²) in [7, 11) is 0. The Kier molecular flexibility index (Phi) is 4.00. The van der Waals surface area contributed by atoms with Crippen LogP contribution in [0.2, 0.25) is 0 Å². The fourth-order valence-corrected chi connectivity index (χ4v) is 7.66. The maximum absolute atomic E-state index is 14.1. The Morgan fingerprint density at radius 2 is 1.79 bits per heavy atom. The van der Waals surface area contributed by atoms with Crippen LogP contribution in [-0.4, -0.2) is 68.8 Å². The number of phenols is 1. The minimum Gasteiger partial charge on any atom is -0.508 e. The van der Waals surface area contributed by atoms with E-state index in [1.165, 1.54) is 0 Å². The molecule has 1 aromatic carbocycles. The van der Waals surface area contributed by atoms with E-state index in [1.54, 1.807) is 11.0 Å². The lowest BCUT2D eigenvalue weighted by Gasteiger charge is -2.64. The van der Waals surface area contributed by atoms with Crippen LogP contribution in [0.15, 0.2) is 18.2 Å². The van der Waals surface area contributed by atoms with Gasteiger partial charge in [0.2, 0.25) is 0 Å². The molecule has 4 aliphatic carbocycles. The third kappa shape index (κ3) is 2.64. The van der Waals surface area contributed by atoms with Crippen molar-refractivity contribution < 1.29 is 19.8 Å². The van der Waals surface area contributed by atoms with E-state index in [0.717, 1.165) is 43.4 Å². The van der Waals surface area contributed by atoms with Crippen LogP contribution in [0, 0.1) is 11.8 Å². The molecule has 1 unspecified atom stereocenters. The number of hydrogen-bond donors (Lipinski definition) is 3. The molecule has 3 amide bonds. The molecule has 7 nitrogen and oxygen atoms in total. The van der Waals surface area contributed by atoms with Crippen molar-refractivity contribution in [3.05, 3.63) is 29.3 Å². The van der Waals surface area contributed by atoms with Crippen molar-refractivity contribution in [2.24, 2.45) is 11.8 Å². The van der Waals surface area contributed by atoms with Crippen LogP contribution < -0.4 is 5.32 Å². The molecule has 2 saturated heterocycles. The topological polar surface area (TPSA) is 93.1 Å². The predicted octanol–water partition coefficient (Wildman–Crippen LogP) is 2.29. The highest BCUT2D eigenvalue weighted by molar-refractivity contribution is 6.07. The number of aromatic hydroxyl groups is 1. The smallest absolute Gasteiger partial charge is 0.327 e. The second kappa shape index (κ2) is 6.51. The van der Waals surface area contributed by atoms with Gasteiger partial charge in [0.15, 0.2) is 0 Å². The monoisotopic (exact) mass is 451 g/mol. The van der Waals surface area contributed by atoms with Crippen molar-refractivity contribution in [3.8, 4) is 5.75 Å². The molecule has 2 bridgehead atoms. The first-order valence-electron chi connectivity index (χ1n) is 12.8. The molecule has 1 spiro atoms. The van der Waals surface area contributed by atoms with Gasteiger partial charge in [0.05, 0.1) is 5.60 Å². The molecule has 176 valence electrons. The Bertz CT molecular complexity index is 1050. The van der Waals surface area contributed by atoms with Gasteiger partial charge in [-0.1, -0.05) is 6.07 Å². The number of carbonyl (C=O) groups excluding carboxylic acids is 2. The van der Waals surface area contributed by atoms with Gasteiger partial charge >= 0.3 is 6.03 Å². The van der Waals surface area contributed by atoms with E-state index in [1.807, 2.05) is 17.0 Å². The van der Waals surface area contributed by atoms with Crippen molar-refractivity contribution in [2.45, 2.75) is 80.4 Å². The summed E-state index contributed by atoms with van der Waals surface area (Å²) >= 11 is 0. The number of imide groups is 1. The summed E-state index contributed by atoms with van der Waals surface area (Å²) in [5.41, 5.74) is -0.416. The van der Waals surface area contributed by atoms with E-state index in [9.17, 15) is 19.8 Å². The third-order valence-electron chi connectivity index (χ3n) is 9.79. The number of nitrogens with one attached hydrogen (secondary N) is 1. The zero-order valence-corrected chi connectivity index (χ0v) is 19.1. The first kappa shape index (κ1) is 20.3. The maximum atomic E-state index is 14.1. The van der Waals surface area contributed by atoms with Gasteiger partial charge in [0.1, 0.15) is 11.3 Å². The lowest BCUT2D eigenvalue weighted by Crippen LogP contribution is -2.76. The largest absolute Gasteiger partial charge is 0.508 e. The molecule has 3 saturated carbocycles. The van der Waals surface area contributed by atoms with E-state index in [0.29, 0.717) is 57.0 Å². The van der Waals surface area contributed by atoms with Gasteiger partial charge < -0.3 is 20.4 Å². The Morgan fingerprint density at radius 1 is 1.03 bits per heavy atom. The van der Waals surface area contributed by atoms with Crippen molar-refractivity contribution in [1.82, 2.24) is 15.1 Å². The van der Waals surface area contributed by atoms with Crippen LogP contribution in [0.4, 0.5) is 4.79 Å². The quantitative estimate of drug-likeness (QED) is 0.611. The van der Waals surface area contributed by atoms with E-state index in [4.69, 9.17) is 0 Å². The number of urea groups is 1. The fraction of sp³-hybridized carbons (Fsp3) is 0.692. The van der Waals surface area contributed by atoms with Crippen LogP contribution in [-0.2, 0) is 16.6 Å². The highest BCUT2D eigenvalue weighted by atomic mass is 16.3. The number of amides is 3. The van der Waals surface area contributed by atoms with Crippen LogP contribution >= 0.6 is 0 Å². The van der Waals surface area contributed by atoms with Crippen molar-refractivity contribution in [2.75, 3.05) is 19.6 Å². The maximum Gasteiger partial charge on any atom is 0.327 e. The summed E-state index contributed by atoms with van der Waals surface area (Å²) in [5, 5.41) is 26.2. The average Bonchev–Trinajstić information content (AvgIpc) is 3.71. The molecule has 5 fully saturated rings. The third-order valence-corrected chi connectivity index (χ3v) is 9.79. The normalized spacial score (nSPS) is 39.7. The minimum absolute atomic E-state index is 0.0427. The van der Waals surface area contributed by atoms with Gasteiger partial charge in [-0.25, -0.2) is 4.79 Å². The Labute approximate surface area is 194 Å². The highest BCUT2D eigenvalue weighted by Crippen LogP contribution is 2.61. The summed E-state index contributed by atoms with van der Waals surface area (Å²) in [4.78, 5) is 31.2. The van der Waals surface area contributed by atoms with Crippen LogP contribution in [0.25, 0.3) is 0 Å². The summed E-state index contributed by atoms with van der Waals surface area (Å²) in [5.74, 6) is 1.09. The Morgan fingerprint density at radius 3 is 2.55 bits per heavy atom.